The number of rotatable bonds is 3. The Balaban J connectivity index is 1.49. The molecule has 1 aromatic carbocycles. The van der Waals surface area contributed by atoms with E-state index in [2.05, 4.69) is 16.2 Å². The number of nitrogens with zero attached hydrogens (tertiary/aromatic N) is 2. The number of aromatic nitrogens is 2. The molecule has 2 aromatic rings. The zero-order chi connectivity index (χ0) is 14.2. The predicted octanol–water partition coefficient (Wildman–Crippen LogP) is 1.92. The molecule has 1 fully saturated rings. The van der Waals surface area contributed by atoms with Crippen LogP contribution in [0, 0.1) is 0 Å². The Bertz CT molecular complexity index is 618. The molecule has 4 rings (SSSR count). The second kappa shape index (κ2) is 5.13. The number of hydrogen-bond donors (Lipinski definition) is 1. The first kappa shape index (κ1) is 12.8. The average Bonchev–Trinajstić information content (AvgIpc) is 3.24. The highest BCUT2D eigenvalue weighted by molar-refractivity contribution is 5.37. The Kier molecular flexibility index (Phi) is 3.12. The molecule has 6 nitrogen and oxygen atoms in total. The first-order chi connectivity index (χ1) is 10.3. The van der Waals surface area contributed by atoms with Crippen LogP contribution in [0.3, 0.4) is 0 Å². The Morgan fingerprint density at radius 2 is 2.10 bits per heavy atom. The van der Waals surface area contributed by atoms with E-state index in [1.165, 1.54) is 5.56 Å². The molecule has 110 valence electrons. The third-order valence-corrected chi connectivity index (χ3v) is 4.04. The van der Waals surface area contributed by atoms with Crippen LogP contribution in [-0.2, 0) is 11.2 Å². The summed E-state index contributed by atoms with van der Waals surface area (Å²) < 4.78 is 17.0. The molecule has 2 aliphatic heterocycles. The van der Waals surface area contributed by atoms with Crippen molar-refractivity contribution in [2.45, 2.75) is 37.6 Å². The minimum Gasteiger partial charge on any atom is -0.482 e. The summed E-state index contributed by atoms with van der Waals surface area (Å²) in [6.07, 6.45) is 2.36. The predicted molar refractivity (Wildman–Crippen MR) is 73.7 cm³/mol. The van der Waals surface area contributed by atoms with Crippen LogP contribution in [0.4, 0.5) is 0 Å². The van der Waals surface area contributed by atoms with E-state index < -0.39 is 0 Å². The van der Waals surface area contributed by atoms with Crippen LogP contribution in [0.2, 0.25) is 0 Å². The van der Waals surface area contributed by atoms with Gasteiger partial charge in [-0.2, -0.15) is 4.98 Å². The van der Waals surface area contributed by atoms with Gasteiger partial charge in [0.25, 0.3) is 5.89 Å². The molecule has 1 aromatic heterocycles. The molecule has 0 bridgehead atoms. The van der Waals surface area contributed by atoms with Crippen molar-refractivity contribution in [3.05, 3.63) is 41.5 Å². The van der Waals surface area contributed by atoms with E-state index in [9.17, 15) is 0 Å². The largest absolute Gasteiger partial charge is 0.482 e. The molecular weight excluding hydrogens is 270 g/mol. The maximum atomic E-state index is 5.87. The van der Waals surface area contributed by atoms with Gasteiger partial charge >= 0.3 is 0 Å². The fourth-order valence-corrected chi connectivity index (χ4v) is 2.90. The van der Waals surface area contributed by atoms with Crippen LogP contribution in [0.15, 0.2) is 28.8 Å². The standard InChI is InChI=1S/C15H17N3O3/c16-8-10-5-6-12(19-10)15-17-14(18-21-15)13-7-9-3-1-2-4-11(9)20-13/h1-4,10,12-13H,5-8,16H2. The second-order valence-electron chi connectivity index (χ2n) is 5.47. The van der Waals surface area contributed by atoms with Crippen LogP contribution in [0.5, 0.6) is 5.75 Å². The van der Waals surface area contributed by atoms with E-state index in [1.54, 1.807) is 0 Å². The normalized spacial score (nSPS) is 27.6. The van der Waals surface area contributed by atoms with Crippen LogP contribution in [0.1, 0.15) is 42.3 Å². The third-order valence-electron chi connectivity index (χ3n) is 4.04. The molecule has 0 spiro atoms. The summed E-state index contributed by atoms with van der Waals surface area (Å²) in [5.41, 5.74) is 6.79. The van der Waals surface area contributed by atoms with E-state index in [0.29, 0.717) is 18.3 Å². The van der Waals surface area contributed by atoms with Gasteiger partial charge in [0.2, 0.25) is 5.82 Å². The Hall–Kier alpha value is -1.92. The van der Waals surface area contributed by atoms with Crippen molar-refractivity contribution in [3.8, 4) is 5.75 Å². The van der Waals surface area contributed by atoms with E-state index >= 15 is 0 Å². The van der Waals surface area contributed by atoms with Crippen molar-refractivity contribution in [3.63, 3.8) is 0 Å². The van der Waals surface area contributed by atoms with Gasteiger partial charge in [-0.05, 0) is 24.5 Å². The number of hydrogen-bond acceptors (Lipinski definition) is 6. The molecule has 0 radical (unpaired) electrons. The summed E-state index contributed by atoms with van der Waals surface area (Å²) in [7, 11) is 0. The molecule has 3 atom stereocenters. The summed E-state index contributed by atoms with van der Waals surface area (Å²) in [4.78, 5) is 4.46. The summed E-state index contributed by atoms with van der Waals surface area (Å²) in [5.74, 6) is 2.01. The molecule has 6 heteroatoms. The zero-order valence-electron chi connectivity index (χ0n) is 11.6. The summed E-state index contributed by atoms with van der Waals surface area (Å²) >= 11 is 0. The van der Waals surface area contributed by atoms with Crippen molar-refractivity contribution in [1.82, 2.24) is 10.1 Å². The van der Waals surface area contributed by atoms with Gasteiger partial charge in [0.05, 0.1) is 6.10 Å². The van der Waals surface area contributed by atoms with E-state index in [0.717, 1.165) is 25.0 Å². The lowest BCUT2D eigenvalue weighted by Gasteiger charge is -2.07. The monoisotopic (exact) mass is 287 g/mol. The number of benzene rings is 1. The Morgan fingerprint density at radius 3 is 2.90 bits per heavy atom. The number of fused-ring (bicyclic) bond motifs is 1. The maximum Gasteiger partial charge on any atom is 0.255 e. The second-order valence-corrected chi connectivity index (χ2v) is 5.47. The minimum absolute atomic E-state index is 0.0948. The molecule has 0 amide bonds. The van der Waals surface area contributed by atoms with Crippen LogP contribution in [0.25, 0.3) is 0 Å². The van der Waals surface area contributed by atoms with E-state index in [-0.39, 0.29) is 18.3 Å². The maximum absolute atomic E-state index is 5.87. The molecule has 2 N–H and O–H groups in total. The van der Waals surface area contributed by atoms with E-state index in [1.807, 2.05) is 18.2 Å². The van der Waals surface area contributed by atoms with Gasteiger partial charge in [-0.1, -0.05) is 23.4 Å². The van der Waals surface area contributed by atoms with Crippen LogP contribution < -0.4 is 10.5 Å². The number of nitrogens with two attached hydrogens (primary N) is 1. The molecule has 1 saturated heterocycles. The fourth-order valence-electron chi connectivity index (χ4n) is 2.90. The molecule has 0 saturated carbocycles. The summed E-state index contributed by atoms with van der Waals surface area (Å²) in [6, 6.07) is 7.98. The van der Waals surface area contributed by atoms with Crippen molar-refractivity contribution < 1.29 is 14.0 Å². The summed E-state index contributed by atoms with van der Waals surface area (Å²) in [6.45, 7) is 0.526. The topological polar surface area (TPSA) is 83.4 Å². The van der Waals surface area contributed by atoms with Crippen molar-refractivity contribution in [2.24, 2.45) is 5.73 Å². The van der Waals surface area contributed by atoms with Gasteiger partial charge in [0.15, 0.2) is 6.10 Å². The Labute approximate surface area is 122 Å². The highest BCUT2D eigenvalue weighted by Gasteiger charge is 2.33. The van der Waals surface area contributed by atoms with Gasteiger partial charge < -0.3 is 19.7 Å². The fraction of sp³-hybridized carbons (Fsp3) is 0.467. The van der Waals surface area contributed by atoms with Crippen molar-refractivity contribution >= 4 is 0 Å². The third kappa shape index (κ3) is 2.30. The molecular formula is C15H17N3O3. The average molecular weight is 287 g/mol. The van der Waals surface area contributed by atoms with Gasteiger partial charge in [0, 0.05) is 13.0 Å². The highest BCUT2D eigenvalue weighted by Crippen LogP contribution is 2.36. The zero-order valence-corrected chi connectivity index (χ0v) is 11.6. The van der Waals surface area contributed by atoms with Gasteiger partial charge in [-0.25, -0.2) is 0 Å². The lowest BCUT2D eigenvalue weighted by Crippen LogP contribution is -2.18. The highest BCUT2D eigenvalue weighted by atomic mass is 16.5. The summed E-state index contributed by atoms with van der Waals surface area (Å²) in [5, 5.41) is 4.05. The van der Waals surface area contributed by atoms with Crippen LogP contribution >= 0.6 is 0 Å². The smallest absolute Gasteiger partial charge is 0.255 e. The lowest BCUT2D eigenvalue weighted by molar-refractivity contribution is 0.0307. The molecule has 3 unspecified atom stereocenters. The molecule has 2 aliphatic rings. The number of ether oxygens (including phenoxy) is 2. The molecule has 3 heterocycles. The quantitative estimate of drug-likeness (QED) is 0.928. The van der Waals surface area contributed by atoms with Gasteiger partial charge in [-0.3, -0.25) is 0 Å². The molecule has 21 heavy (non-hydrogen) atoms. The van der Waals surface area contributed by atoms with Crippen LogP contribution in [-0.4, -0.2) is 22.8 Å². The first-order valence-corrected chi connectivity index (χ1v) is 7.27. The molecule has 0 aliphatic carbocycles. The van der Waals surface area contributed by atoms with Gasteiger partial charge in [0.1, 0.15) is 11.9 Å². The van der Waals surface area contributed by atoms with Crippen molar-refractivity contribution in [2.75, 3.05) is 6.54 Å². The van der Waals surface area contributed by atoms with Crippen molar-refractivity contribution in [1.29, 1.82) is 0 Å². The Morgan fingerprint density at radius 1 is 1.19 bits per heavy atom. The lowest BCUT2D eigenvalue weighted by atomic mass is 10.1. The van der Waals surface area contributed by atoms with E-state index in [4.69, 9.17) is 19.7 Å². The number of para-hydroxylation sites is 1. The first-order valence-electron chi connectivity index (χ1n) is 7.27. The SMILES string of the molecule is NCC1CCC(c2nc(C3Cc4ccccc4O3)no2)O1. The van der Waals surface area contributed by atoms with Gasteiger partial charge in [-0.15, -0.1) is 0 Å². The minimum atomic E-state index is -0.174.